The quantitative estimate of drug-likeness (QED) is 0.663. The lowest BCUT2D eigenvalue weighted by Crippen LogP contribution is -2.12. The lowest BCUT2D eigenvalue weighted by Gasteiger charge is -1.98. The summed E-state index contributed by atoms with van der Waals surface area (Å²) in [6.07, 6.45) is 4.06. The van der Waals surface area contributed by atoms with Crippen molar-refractivity contribution in [1.29, 1.82) is 0 Å². The second kappa shape index (κ2) is 3.56. The van der Waals surface area contributed by atoms with Crippen LogP contribution in [0.4, 0.5) is 0 Å². The van der Waals surface area contributed by atoms with Crippen molar-refractivity contribution in [3.8, 4) is 0 Å². The molecule has 0 radical (unpaired) electrons. The number of ketones is 1. The monoisotopic (exact) mass is 204 g/mol. The average molecular weight is 204 g/mol. The van der Waals surface area contributed by atoms with Crippen LogP contribution >= 0.6 is 0 Å². The van der Waals surface area contributed by atoms with Gasteiger partial charge in [-0.25, -0.2) is 15.0 Å². The number of fused-ring (bicyclic) bond motifs is 1. The molecule has 2 heterocycles. The standard InChI is InChI=1S/C9H8N4O2/c1-6(14)2-8(15)13-5-12-9-7(13)3-10-4-11-9/h3-5H,2H2,1H3. The molecular formula is C9H8N4O2. The number of hydrogen-bond acceptors (Lipinski definition) is 5. The van der Waals surface area contributed by atoms with Crippen molar-refractivity contribution in [2.75, 3.05) is 0 Å². The van der Waals surface area contributed by atoms with Gasteiger partial charge in [-0.3, -0.25) is 14.2 Å². The van der Waals surface area contributed by atoms with Gasteiger partial charge in [0.1, 0.15) is 24.0 Å². The van der Waals surface area contributed by atoms with E-state index in [0.717, 1.165) is 0 Å². The van der Waals surface area contributed by atoms with Crippen LogP contribution in [0.2, 0.25) is 0 Å². The zero-order valence-electron chi connectivity index (χ0n) is 8.04. The van der Waals surface area contributed by atoms with Crippen LogP contribution in [-0.2, 0) is 4.79 Å². The Balaban J connectivity index is 2.44. The highest BCUT2D eigenvalue weighted by Crippen LogP contribution is 2.08. The normalized spacial score (nSPS) is 10.5. The van der Waals surface area contributed by atoms with Crippen molar-refractivity contribution in [2.24, 2.45) is 0 Å². The first kappa shape index (κ1) is 9.45. The van der Waals surface area contributed by atoms with Crippen LogP contribution in [0.5, 0.6) is 0 Å². The third-order valence-electron chi connectivity index (χ3n) is 1.90. The van der Waals surface area contributed by atoms with Crippen molar-refractivity contribution >= 4 is 22.9 Å². The van der Waals surface area contributed by atoms with Crippen molar-refractivity contribution in [3.05, 3.63) is 18.9 Å². The lowest BCUT2D eigenvalue weighted by molar-refractivity contribution is -0.116. The van der Waals surface area contributed by atoms with Crippen molar-refractivity contribution in [3.63, 3.8) is 0 Å². The minimum Gasteiger partial charge on any atom is -0.299 e. The third-order valence-corrected chi connectivity index (χ3v) is 1.90. The molecule has 0 saturated heterocycles. The van der Waals surface area contributed by atoms with Crippen LogP contribution in [0.1, 0.15) is 18.1 Å². The van der Waals surface area contributed by atoms with Gasteiger partial charge in [0.15, 0.2) is 5.65 Å². The van der Waals surface area contributed by atoms with E-state index >= 15 is 0 Å². The van der Waals surface area contributed by atoms with Crippen molar-refractivity contribution in [1.82, 2.24) is 19.5 Å². The molecule has 0 aliphatic rings. The molecule has 6 heteroatoms. The SMILES string of the molecule is CC(=O)CC(=O)n1cnc2ncncc21. The largest absolute Gasteiger partial charge is 0.299 e. The Morgan fingerprint density at radius 2 is 2.20 bits per heavy atom. The molecule has 0 aromatic carbocycles. The molecule has 2 aromatic rings. The van der Waals surface area contributed by atoms with Gasteiger partial charge in [-0.2, -0.15) is 0 Å². The van der Waals surface area contributed by atoms with Crippen molar-refractivity contribution in [2.45, 2.75) is 13.3 Å². The van der Waals surface area contributed by atoms with E-state index in [4.69, 9.17) is 0 Å². The van der Waals surface area contributed by atoms with Crippen LogP contribution in [-0.4, -0.2) is 31.2 Å². The summed E-state index contributed by atoms with van der Waals surface area (Å²) >= 11 is 0. The molecule has 0 fully saturated rings. The molecule has 0 bridgehead atoms. The first-order valence-electron chi connectivity index (χ1n) is 4.34. The summed E-state index contributed by atoms with van der Waals surface area (Å²) < 4.78 is 1.29. The van der Waals surface area contributed by atoms with Crippen LogP contribution < -0.4 is 0 Å². The molecule has 0 spiro atoms. The first-order valence-corrected chi connectivity index (χ1v) is 4.34. The fraction of sp³-hybridized carbons (Fsp3) is 0.222. The highest BCUT2D eigenvalue weighted by Gasteiger charge is 2.12. The Morgan fingerprint density at radius 3 is 2.93 bits per heavy atom. The number of rotatable bonds is 2. The topological polar surface area (TPSA) is 77.7 Å². The number of nitrogens with zero attached hydrogens (tertiary/aromatic N) is 4. The van der Waals surface area contributed by atoms with Crippen LogP contribution in [0, 0.1) is 0 Å². The second-order valence-electron chi connectivity index (χ2n) is 3.12. The van der Waals surface area contributed by atoms with Crippen LogP contribution in [0.15, 0.2) is 18.9 Å². The van der Waals surface area contributed by atoms with Gasteiger partial charge in [-0.1, -0.05) is 0 Å². The van der Waals surface area contributed by atoms with Gasteiger partial charge < -0.3 is 0 Å². The average Bonchev–Trinajstić information content (AvgIpc) is 2.59. The van der Waals surface area contributed by atoms with Gasteiger partial charge in [0.05, 0.1) is 12.6 Å². The van der Waals surface area contributed by atoms with Gasteiger partial charge >= 0.3 is 0 Å². The maximum Gasteiger partial charge on any atom is 0.239 e. The Kier molecular flexibility index (Phi) is 2.24. The van der Waals surface area contributed by atoms with E-state index in [9.17, 15) is 9.59 Å². The number of aromatic nitrogens is 4. The predicted octanol–water partition coefficient (Wildman–Crippen LogP) is 0.446. The van der Waals surface area contributed by atoms with Gasteiger partial charge in [0.25, 0.3) is 0 Å². The molecule has 0 aliphatic carbocycles. The van der Waals surface area contributed by atoms with E-state index in [2.05, 4.69) is 15.0 Å². The Labute approximate surface area is 85.0 Å². The highest BCUT2D eigenvalue weighted by atomic mass is 16.2. The molecule has 2 rings (SSSR count). The van der Waals surface area contributed by atoms with Gasteiger partial charge in [0.2, 0.25) is 5.91 Å². The summed E-state index contributed by atoms with van der Waals surface area (Å²) in [5.74, 6) is -0.501. The number of imidazole rings is 1. The summed E-state index contributed by atoms with van der Waals surface area (Å²) in [7, 11) is 0. The summed E-state index contributed by atoms with van der Waals surface area (Å²) in [5, 5.41) is 0. The predicted molar refractivity (Wildman–Crippen MR) is 51.2 cm³/mol. The molecule has 6 nitrogen and oxygen atoms in total. The van der Waals surface area contributed by atoms with Crippen LogP contribution in [0.25, 0.3) is 11.2 Å². The summed E-state index contributed by atoms with van der Waals surface area (Å²) in [6.45, 7) is 1.37. The summed E-state index contributed by atoms with van der Waals surface area (Å²) in [5.41, 5.74) is 0.964. The van der Waals surface area contributed by atoms with E-state index in [-0.39, 0.29) is 18.1 Å². The van der Waals surface area contributed by atoms with E-state index in [0.29, 0.717) is 11.2 Å². The molecule has 0 saturated carbocycles. The number of hydrogen-bond donors (Lipinski definition) is 0. The molecule has 0 N–H and O–H groups in total. The minimum absolute atomic E-state index is 0.139. The molecule has 76 valence electrons. The highest BCUT2D eigenvalue weighted by molar-refractivity contribution is 6.00. The molecule has 0 unspecified atom stereocenters. The number of carbonyl (C=O) groups excluding carboxylic acids is 2. The van der Waals surface area contributed by atoms with Gasteiger partial charge in [-0.05, 0) is 6.92 Å². The maximum atomic E-state index is 11.6. The van der Waals surface area contributed by atoms with E-state index in [1.165, 1.54) is 30.3 Å². The Bertz CT molecular complexity index is 532. The third kappa shape index (κ3) is 1.74. The minimum atomic E-state index is -0.320. The molecule has 0 amide bonds. The second-order valence-corrected chi connectivity index (χ2v) is 3.12. The van der Waals surface area contributed by atoms with E-state index in [1.807, 2.05) is 0 Å². The molecular weight excluding hydrogens is 196 g/mol. The fourth-order valence-electron chi connectivity index (χ4n) is 1.26. The zero-order valence-corrected chi connectivity index (χ0v) is 8.04. The van der Waals surface area contributed by atoms with E-state index in [1.54, 1.807) is 0 Å². The molecule has 0 aliphatic heterocycles. The van der Waals surface area contributed by atoms with Gasteiger partial charge in [0, 0.05) is 0 Å². The lowest BCUT2D eigenvalue weighted by atomic mass is 10.3. The molecule has 2 aromatic heterocycles. The van der Waals surface area contributed by atoms with Crippen molar-refractivity contribution < 1.29 is 9.59 Å². The fourth-order valence-corrected chi connectivity index (χ4v) is 1.26. The number of Topliss-reactive ketones (excluding diaryl/α,β-unsaturated/α-hetero) is 1. The summed E-state index contributed by atoms with van der Waals surface area (Å²) in [6, 6.07) is 0. The molecule has 0 atom stereocenters. The van der Waals surface area contributed by atoms with Crippen LogP contribution in [0.3, 0.4) is 0 Å². The van der Waals surface area contributed by atoms with Gasteiger partial charge in [-0.15, -0.1) is 0 Å². The smallest absolute Gasteiger partial charge is 0.239 e. The summed E-state index contributed by atoms with van der Waals surface area (Å²) in [4.78, 5) is 34.0. The van der Waals surface area contributed by atoms with E-state index < -0.39 is 0 Å². The molecule has 15 heavy (non-hydrogen) atoms. The Morgan fingerprint density at radius 1 is 1.40 bits per heavy atom. The Hall–Kier alpha value is -2.11. The zero-order chi connectivity index (χ0) is 10.8. The number of carbonyl (C=O) groups is 2. The first-order chi connectivity index (χ1) is 7.18. The maximum absolute atomic E-state index is 11.6.